The predicted octanol–water partition coefficient (Wildman–Crippen LogP) is 1.08. The van der Waals surface area contributed by atoms with Gasteiger partial charge in [-0.1, -0.05) is 0 Å². The Morgan fingerprint density at radius 2 is 2.00 bits per heavy atom. The van der Waals surface area contributed by atoms with Gasteiger partial charge in [0.25, 0.3) is 0 Å². The molecule has 0 aliphatic heterocycles. The summed E-state index contributed by atoms with van der Waals surface area (Å²) in [7, 11) is 1.60. The predicted molar refractivity (Wildman–Crippen MR) is 57.4 cm³/mol. The average molecular weight is 215 g/mol. The van der Waals surface area contributed by atoms with Gasteiger partial charge >= 0.3 is 5.97 Å². The smallest absolute Gasteiger partial charge is 0.309 e. The third kappa shape index (κ3) is 4.18. The van der Waals surface area contributed by atoms with Crippen LogP contribution in [0.15, 0.2) is 0 Å². The summed E-state index contributed by atoms with van der Waals surface area (Å²) < 4.78 is 10.2. The van der Waals surface area contributed by atoms with Gasteiger partial charge in [-0.2, -0.15) is 0 Å². The first kappa shape index (κ1) is 12.5. The van der Waals surface area contributed by atoms with E-state index in [0.717, 1.165) is 25.7 Å². The molecular formula is C11H21NO3. The summed E-state index contributed by atoms with van der Waals surface area (Å²) in [5.41, 5.74) is 5.77. The molecule has 15 heavy (non-hydrogen) atoms. The molecule has 1 aliphatic rings. The average Bonchev–Trinajstić information content (AvgIpc) is 2.18. The van der Waals surface area contributed by atoms with E-state index in [1.165, 1.54) is 0 Å². The molecule has 2 N–H and O–H groups in total. The van der Waals surface area contributed by atoms with Gasteiger partial charge in [0.1, 0.15) is 6.10 Å². The first-order chi connectivity index (χ1) is 7.13. The van der Waals surface area contributed by atoms with Crippen LogP contribution in [-0.2, 0) is 14.3 Å². The summed E-state index contributed by atoms with van der Waals surface area (Å²) >= 11 is 0. The SMILES string of the molecule is COCC(C)OC(=O)C1CCC(N)CC1. The molecule has 1 rings (SSSR count). The van der Waals surface area contributed by atoms with Crippen LogP contribution in [0.2, 0.25) is 0 Å². The molecule has 0 bridgehead atoms. The molecular weight excluding hydrogens is 194 g/mol. The fourth-order valence-electron chi connectivity index (χ4n) is 1.92. The van der Waals surface area contributed by atoms with Crippen LogP contribution in [-0.4, -0.2) is 31.8 Å². The standard InChI is InChI=1S/C11H21NO3/c1-8(7-14-2)15-11(13)9-3-5-10(12)6-4-9/h8-10H,3-7,12H2,1-2H3. The number of esters is 1. The lowest BCUT2D eigenvalue weighted by atomic mass is 9.86. The van der Waals surface area contributed by atoms with Crippen LogP contribution < -0.4 is 5.73 Å². The van der Waals surface area contributed by atoms with Gasteiger partial charge in [0.05, 0.1) is 12.5 Å². The number of hydrogen-bond donors (Lipinski definition) is 1. The summed E-state index contributed by atoms with van der Waals surface area (Å²) in [6.07, 6.45) is 3.43. The molecule has 88 valence electrons. The van der Waals surface area contributed by atoms with Crippen LogP contribution in [0.5, 0.6) is 0 Å². The Kier molecular flexibility index (Phi) is 5.05. The minimum Gasteiger partial charge on any atom is -0.460 e. The zero-order chi connectivity index (χ0) is 11.3. The molecule has 0 aromatic rings. The van der Waals surface area contributed by atoms with Gasteiger partial charge in [0, 0.05) is 13.2 Å². The van der Waals surface area contributed by atoms with Crippen LogP contribution in [0.4, 0.5) is 0 Å². The molecule has 1 fully saturated rings. The summed E-state index contributed by atoms with van der Waals surface area (Å²) in [4.78, 5) is 11.7. The summed E-state index contributed by atoms with van der Waals surface area (Å²) in [5, 5.41) is 0. The maximum absolute atomic E-state index is 11.7. The van der Waals surface area contributed by atoms with Crippen molar-refractivity contribution in [2.24, 2.45) is 11.7 Å². The van der Waals surface area contributed by atoms with Gasteiger partial charge in [-0.3, -0.25) is 4.79 Å². The summed E-state index contributed by atoms with van der Waals surface area (Å²) in [5.74, 6) is -0.0458. The fraction of sp³-hybridized carbons (Fsp3) is 0.909. The fourth-order valence-corrected chi connectivity index (χ4v) is 1.92. The van der Waals surface area contributed by atoms with Crippen molar-refractivity contribution >= 4 is 5.97 Å². The van der Waals surface area contributed by atoms with Crippen LogP contribution >= 0.6 is 0 Å². The van der Waals surface area contributed by atoms with Gasteiger partial charge < -0.3 is 15.2 Å². The quantitative estimate of drug-likeness (QED) is 0.713. The Labute approximate surface area is 91.1 Å². The van der Waals surface area contributed by atoms with Crippen molar-refractivity contribution in [2.75, 3.05) is 13.7 Å². The second-order valence-corrected chi connectivity index (χ2v) is 4.31. The van der Waals surface area contributed by atoms with E-state index in [1.807, 2.05) is 6.92 Å². The normalized spacial score (nSPS) is 28.5. The minimum atomic E-state index is -0.155. The highest BCUT2D eigenvalue weighted by atomic mass is 16.6. The number of ether oxygens (including phenoxy) is 2. The molecule has 1 atom stereocenters. The number of carbonyl (C=O) groups is 1. The van der Waals surface area contributed by atoms with Crippen molar-refractivity contribution in [3.63, 3.8) is 0 Å². The maximum Gasteiger partial charge on any atom is 0.309 e. The van der Waals surface area contributed by atoms with Crippen molar-refractivity contribution in [1.29, 1.82) is 0 Å². The monoisotopic (exact) mass is 215 g/mol. The Morgan fingerprint density at radius 1 is 1.40 bits per heavy atom. The van der Waals surface area contributed by atoms with E-state index in [4.69, 9.17) is 15.2 Å². The van der Waals surface area contributed by atoms with E-state index in [9.17, 15) is 4.79 Å². The second-order valence-electron chi connectivity index (χ2n) is 4.31. The van der Waals surface area contributed by atoms with Gasteiger partial charge in [-0.15, -0.1) is 0 Å². The Bertz CT molecular complexity index is 200. The lowest BCUT2D eigenvalue weighted by molar-refractivity contribution is -0.156. The first-order valence-electron chi connectivity index (χ1n) is 5.58. The molecule has 0 radical (unpaired) electrons. The molecule has 0 heterocycles. The molecule has 0 amide bonds. The highest BCUT2D eigenvalue weighted by molar-refractivity contribution is 5.72. The number of hydrogen-bond acceptors (Lipinski definition) is 4. The van der Waals surface area contributed by atoms with Crippen molar-refractivity contribution in [3.8, 4) is 0 Å². The molecule has 0 aromatic heterocycles. The van der Waals surface area contributed by atoms with Crippen LogP contribution in [0.3, 0.4) is 0 Å². The van der Waals surface area contributed by atoms with E-state index < -0.39 is 0 Å². The number of nitrogens with two attached hydrogens (primary N) is 1. The van der Waals surface area contributed by atoms with Crippen molar-refractivity contribution in [2.45, 2.75) is 44.8 Å². The van der Waals surface area contributed by atoms with Gasteiger partial charge in [-0.05, 0) is 32.6 Å². The van der Waals surface area contributed by atoms with Gasteiger partial charge in [-0.25, -0.2) is 0 Å². The Balaban J connectivity index is 2.27. The minimum absolute atomic E-state index is 0.0455. The van der Waals surface area contributed by atoms with Crippen LogP contribution in [0.25, 0.3) is 0 Å². The largest absolute Gasteiger partial charge is 0.460 e. The lowest BCUT2D eigenvalue weighted by Gasteiger charge is -2.25. The number of rotatable bonds is 4. The molecule has 1 aliphatic carbocycles. The lowest BCUT2D eigenvalue weighted by Crippen LogP contribution is -2.32. The van der Waals surface area contributed by atoms with E-state index in [1.54, 1.807) is 7.11 Å². The molecule has 4 nitrogen and oxygen atoms in total. The van der Waals surface area contributed by atoms with E-state index in [-0.39, 0.29) is 24.0 Å². The van der Waals surface area contributed by atoms with Crippen molar-refractivity contribution in [3.05, 3.63) is 0 Å². The number of carbonyl (C=O) groups excluding carboxylic acids is 1. The van der Waals surface area contributed by atoms with E-state index >= 15 is 0 Å². The third-order valence-electron chi connectivity index (χ3n) is 2.82. The molecule has 1 unspecified atom stereocenters. The second kappa shape index (κ2) is 6.08. The topological polar surface area (TPSA) is 61.5 Å². The zero-order valence-electron chi connectivity index (χ0n) is 9.57. The molecule has 0 saturated heterocycles. The molecule has 4 heteroatoms. The molecule has 0 aromatic carbocycles. The van der Waals surface area contributed by atoms with Crippen LogP contribution in [0.1, 0.15) is 32.6 Å². The third-order valence-corrected chi connectivity index (χ3v) is 2.82. The molecule has 0 spiro atoms. The summed E-state index contributed by atoms with van der Waals surface area (Å²) in [6, 6.07) is 0.269. The van der Waals surface area contributed by atoms with Gasteiger partial charge in [0.2, 0.25) is 0 Å². The van der Waals surface area contributed by atoms with Gasteiger partial charge in [0.15, 0.2) is 0 Å². The molecule has 1 saturated carbocycles. The number of methoxy groups -OCH3 is 1. The van der Waals surface area contributed by atoms with Crippen molar-refractivity contribution < 1.29 is 14.3 Å². The Hall–Kier alpha value is -0.610. The van der Waals surface area contributed by atoms with Crippen molar-refractivity contribution in [1.82, 2.24) is 0 Å². The van der Waals surface area contributed by atoms with E-state index in [0.29, 0.717) is 6.61 Å². The van der Waals surface area contributed by atoms with Crippen LogP contribution in [0, 0.1) is 5.92 Å². The highest BCUT2D eigenvalue weighted by Crippen LogP contribution is 2.24. The maximum atomic E-state index is 11.7. The van der Waals surface area contributed by atoms with E-state index in [2.05, 4.69) is 0 Å². The zero-order valence-corrected chi connectivity index (χ0v) is 9.57. The Morgan fingerprint density at radius 3 is 2.53 bits per heavy atom. The first-order valence-corrected chi connectivity index (χ1v) is 5.58. The highest BCUT2D eigenvalue weighted by Gasteiger charge is 2.26. The summed E-state index contributed by atoms with van der Waals surface area (Å²) in [6.45, 7) is 2.30.